The number of sulfonamides is 1. The van der Waals surface area contributed by atoms with Gasteiger partial charge in [-0.2, -0.15) is 4.31 Å². The van der Waals surface area contributed by atoms with Crippen LogP contribution in [-0.4, -0.2) is 71.2 Å². The van der Waals surface area contributed by atoms with Gasteiger partial charge in [0.05, 0.1) is 41.9 Å². The van der Waals surface area contributed by atoms with E-state index in [2.05, 4.69) is 5.32 Å². The van der Waals surface area contributed by atoms with E-state index in [-0.39, 0.29) is 28.6 Å². The molecule has 172 valence electrons. The van der Waals surface area contributed by atoms with Gasteiger partial charge in [-0.3, -0.25) is 4.79 Å². The number of nitrogens with one attached hydrogen (secondary N) is 1. The van der Waals surface area contributed by atoms with Crippen LogP contribution < -0.4 is 10.2 Å². The number of ether oxygens (including phenoxy) is 2. The number of halogens is 2. The zero-order valence-electron chi connectivity index (χ0n) is 17.2. The molecular weight excluding hydrogens is 461 g/mol. The van der Waals surface area contributed by atoms with Gasteiger partial charge in [0.25, 0.3) is 5.91 Å². The van der Waals surface area contributed by atoms with E-state index in [1.165, 1.54) is 28.6 Å². The van der Waals surface area contributed by atoms with Gasteiger partial charge in [-0.15, -0.1) is 0 Å². The number of hydrogen-bond acceptors (Lipinski definition) is 6. The molecule has 2 saturated heterocycles. The highest BCUT2D eigenvalue weighted by Crippen LogP contribution is 2.28. The fourth-order valence-corrected chi connectivity index (χ4v) is 5.26. The van der Waals surface area contributed by atoms with E-state index in [1.807, 2.05) is 4.90 Å². The van der Waals surface area contributed by atoms with Crippen LogP contribution in [0.2, 0.25) is 5.02 Å². The van der Waals surface area contributed by atoms with E-state index in [0.717, 1.165) is 6.07 Å². The predicted octanol–water partition coefficient (Wildman–Crippen LogP) is 2.59. The second-order valence-electron chi connectivity index (χ2n) is 7.38. The monoisotopic (exact) mass is 483 g/mol. The first-order chi connectivity index (χ1) is 15.4. The number of amides is 1. The van der Waals surface area contributed by atoms with Crippen LogP contribution in [0.3, 0.4) is 0 Å². The number of hydrogen-bond donors (Lipinski definition) is 1. The maximum Gasteiger partial charge on any atom is 0.257 e. The first-order valence-corrected chi connectivity index (χ1v) is 12.0. The van der Waals surface area contributed by atoms with Crippen LogP contribution in [0.4, 0.5) is 15.8 Å². The average molecular weight is 484 g/mol. The van der Waals surface area contributed by atoms with Gasteiger partial charge in [-0.05, 0) is 36.4 Å². The summed E-state index contributed by atoms with van der Waals surface area (Å²) in [4.78, 5) is 15.2. The summed E-state index contributed by atoms with van der Waals surface area (Å²) in [5.74, 6) is -1.12. The van der Waals surface area contributed by atoms with Crippen molar-refractivity contribution in [2.75, 3.05) is 62.8 Å². The van der Waals surface area contributed by atoms with Crippen molar-refractivity contribution in [3.05, 3.63) is 52.8 Å². The van der Waals surface area contributed by atoms with Crippen molar-refractivity contribution in [3.8, 4) is 0 Å². The molecule has 0 aromatic heterocycles. The van der Waals surface area contributed by atoms with E-state index < -0.39 is 21.7 Å². The molecule has 2 aliphatic heterocycles. The van der Waals surface area contributed by atoms with Gasteiger partial charge in [-0.25, -0.2) is 12.8 Å². The van der Waals surface area contributed by atoms with Gasteiger partial charge < -0.3 is 19.7 Å². The molecule has 4 rings (SSSR count). The SMILES string of the molecule is O=C(Nc1ccc(F)c(Cl)c1)c1cc(S(=O)(=O)N2CCOCC2)ccc1N1CCOCC1. The molecule has 2 aliphatic rings. The largest absolute Gasteiger partial charge is 0.379 e. The van der Waals surface area contributed by atoms with Crippen molar-refractivity contribution in [1.82, 2.24) is 4.31 Å². The first-order valence-electron chi connectivity index (χ1n) is 10.2. The topological polar surface area (TPSA) is 88.2 Å². The minimum atomic E-state index is -3.79. The highest BCUT2D eigenvalue weighted by Gasteiger charge is 2.29. The molecule has 0 aliphatic carbocycles. The molecule has 0 radical (unpaired) electrons. The molecule has 1 N–H and O–H groups in total. The number of benzene rings is 2. The predicted molar refractivity (Wildman–Crippen MR) is 118 cm³/mol. The maximum atomic E-state index is 13.5. The lowest BCUT2D eigenvalue weighted by atomic mass is 10.1. The van der Waals surface area contributed by atoms with Crippen LogP contribution in [0.5, 0.6) is 0 Å². The molecule has 0 unspecified atom stereocenters. The molecule has 0 bridgehead atoms. The zero-order chi connectivity index (χ0) is 22.7. The second-order valence-corrected chi connectivity index (χ2v) is 9.72. The third kappa shape index (κ3) is 4.89. The molecule has 1 amide bonds. The van der Waals surface area contributed by atoms with E-state index in [0.29, 0.717) is 50.9 Å². The second kappa shape index (κ2) is 9.72. The first kappa shape index (κ1) is 22.9. The molecule has 2 fully saturated rings. The molecule has 0 atom stereocenters. The van der Waals surface area contributed by atoms with E-state index in [1.54, 1.807) is 6.07 Å². The number of carbonyl (C=O) groups excluding carboxylic acids is 1. The van der Waals surface area contributed by atoms with E-state index in [9.17, 15) is 17.6 Å². The van der Waals surface area contributed by atoms with Crippen molar-refractivity contribution in [3.63, 3.8) is 0 Å². The van der Waals surface area contributed by atoms with Gasteiger partial charge in [-0.1, -0.05) is 11.6 Å². The molecular formula is C21H23ClFN3O5S. The summed E-state index contributed by atoms with van der Waals surface area (Å²) in [7, 11) is -3.79. The normalized spacial score (nSPS) is 17.9. The number of nitrogens with zero attached hydrogens (tertiary/aromatic N) is 2. The van der Waals surface area contributed by atoms with Gasteiger partial charge in [0, 0.05) is 37.6 Å². The Morgan fingerprint density at radius 1 is 0.969 bits per heavy atom. The quantitative estimate of drug-likeness (QED) is 0.703. The average Bonchev–Trinajstić information content (AvgIpc) is 2.82. The van der Waals surface area contributed by atoms with Crippen LogP contribution in [0.15, 0.2) is 41.3 Å². The number of rotatable bonds is 5. The molecule has 0 saturated carbocycles. The van der Waals surface area contributed by atoms with Crippen molar-refractivity contribution in [2.24, 2.45) is 0 Å². The minimum absolute atomic E-state index is 0.0266. The summed E-state index contributed by atoms with van der Waals surface area (Å²) >= 11 is 5.82. The van der Waals surface area contributed by atoms with Gasteiger partial charge >= 0.3 is 0 Å². The summed E-state index contributed by atoms with van der Waals surface area (Å²) in [6, 6.07) is 8.39. The Bertz CT molecular complexity index is 1100. The standard InChI is InChI=1S/C21H23ClFN3O5S/c22-18-13-15(1-3-19(18)23)24-21(27)17-14-16(32(28,29)26-7-11-31-12-8-26)2-4-20(17)25-5-9-30-10-6-25/h1-4,13-14H,5-12H2,(H,24,27). The van der Waals surface area contributed by atoms with Crippen LogP contribution >= 0.6 is 11.6 Å². The third-order valence-corrected chi connectivity index (χ3v) is 7.53. The Labute approximate surface area is 190 Å². The summed E-state index contributed by atoms with van der Waals surface area (Å²) in [6.07, 6.45) is 0. The van der Waals surface area contributed by atoms with Crippen LogP contribution in [0.25, 0.3) is 0 Å². The van der Waals surface area contributed by atoms with Crippen molar-refractivity contribution < 1.29 is 27.1 Å². The van der Waals surface area contributed by atoms with Crippen LogP contribution in [0.1, 0.15) is 10.4 Å². The summed E-state index contributed by atoms with van der Waals surface area (Å²) < 4.78 is 51.7. The highest BCUT2D eigenvalue weighted by atomic mass is 35.5. The van der Waals surface area contributed by atoms with Crippen molar-refractivity contribution in [2.45, 2.75) is 4.90 Å². The number of carbonyl (C=O) groups is 1. The lowest BCUT2D eigenvalue weighted by Crippen LogP contribution is -2.41. The molecule has 32 heavy (non-hydrogen) atoms. The molecule has 11 heteroatoms. The lowest BCUT2D eigenvalue weighted by Gasteiger charge is -2.31. The van der Waals surface area contributed by atoms with Gasteiger partial charge in [0.2, 0.25) is 10.0 Å². The number of anilines is 2. The Morgan fingerprint density at radius 3 is 2.28 bits per heavy atom. The molecule has 8 nitrogen and oxygen atoms in total. The Kier molecular flexibility index (Phi) is 6.96. The fourth-order valence-electron chi connectivity index (χ4n) is 3.65. The van der Waals surface area contributed by atoms with Crippen LogP contribution in [-0.2, 0) is 19.5 Å². The van der Waals surface area contributed by atoms with Crippen LogP contribution in [0, 0.1) is 5.82 Å². The summed E-state index contributed by atoms with van der Waals surface area (Å²) in [5.41, 5.74) is 1.09. The van der Waals surface area contributed by atoms with Gasteiger partial charge in [0.1, 0.15) is 5.82 Å². The Hall–Kier alpha value is -2.24. The third-order valence-electron chi connectivity index (χ3n) is 5.35. The maximum absolute atomic E-state index is 13.5. The Morgan fingerprint density at radius 2 is 1.62 bits per heavy atom. The zero-order valence-corrected chi connectivity index (χ0v) is 18.8. The minimum Gasteiger partial charge on any atom is -0.379 e. The molecule has 2 aromatic rings. The van der Waals surface area contributed by atoms with Gasteiger partial charge in [0.15, 0.2) is 0 Å². The summed E-state index contributed by atoms with van der Waals surface area (Å²) in [6.45, 7) is 3.29. The Balaban J connectivity index is 1.70. The lowest BCUT2D eigenvalue weighted by molar-refractivity contribution is 0.0730. The fraction of sp³-hybridized carbons (Fsp3) is 0.381. The smallest absolute Gasteiger partial charge is 0.257 e. The molecule has 2 aromatic carbocycles. The van der Waals surface area contributed by atoms with Crippen molar-refractivity contribution in [1.29, 1.82) is 0 Å². The molecule has 0 spiro atoms. The highest BCUT2D eigenvalue weighted by molar-refractivity contribution is 7.89. The van der Waals surface area contributed by atoms with E-state index in [4.69, 9.17) is 21.1 Å². The van der Waals surface area contributed by atoms with E-state index >= 15 is 0 Å². The number of morpholine rings is 2. The van der Waals surface area contributed by atoms with Crippen molar-refractivity contribution >= 4 is 38.9 Å². The molecule has 2 heterocycles. The summed E-state index contributed by atoms with van der Waals surface area (Å²) in [5, 5.41) is 2.56.